The number of hydrogen-bond donors (Lipinski definition) is 0. The van der Waals surface area contributed by atoms with E-state index in [1.165, 1.54) is 0 Å². The zero-order valence-electron chi connectivity index (χ0n) is 3.70. The Morgan fingerprint density at radius 1 is 1.38 bits per heavy atom. The van der Waals surface area contributed by atoms with Crippen molar-refractivity contribution in [3.05, 3.63) is 0 Å². The van der Waals surface area contributed by atoms with Gasteiger partial charge in [0.05, 0.1) is 0 Å². The summed E-state index contributed by atoms with van der Waals surface area (Å²) in [6.45, 7) is -1.89. The first-order chi connectivity index (χ1) is 3.48. The summed E-state index contributed by atoms with van der Waals surface area (Å²) in [5.74, 6) is 0. The van der Waals surface area contributed by atoms with Gasteiger partial charge >= 0.3 is 6.18 Å². The van der Waals surface area contributed by atoms with E-state index < -0.39 is 19.0 Å². The predicted octanol–water partition coefficient (Wildman–Crippen LogP) is 1.32. The van der Waals surface area contributed by atoms with Crippen LogP contribution in [0.4, 0.5) is 17.6 Å². The zero-order chi connectivity index (χ0) is 6.78. The molecule has 0 fully saturated rings. The summed E-state index contributed by atoms with van der Waals surface area (Å²) in [5.41, 5.74) is 0. The summed E-state index contributed by atoms with van der Waals surface area (Å²) in [4.78, 5) is 0. The maximum atomic E-state index is 10.9. The number of halogens is 4. The molecule has 0 heterocycles. The summed E-state index contributed by atoms with van der Waals surface area (Å²) >= 11 is 0. The third kappa shape index (κ3) is 2.11. The van der Waals surface area contributed by atoms with Crippen molar-refractivity contribution < 1.29 is 22.7 Å². The minimum atomic E-state index is -4.92. The molecule has 49 valence electrons. The number of alkyl halides is 4. The average molecular weight is 131 g/mol. The van der Waals surface area contributed by atoms with E-state index in [1.807, 2.05) is 0 Å². The molecule has 0 aromatic carbocycles. The average Bonchev–Trinajstić information content (AvgIpc) is 1.62. The first kappa shape index (κ1) is 7.68. The van der Waals surface area contributed by atoms with Gasteiger partial charge in [0.15, 0.2) is 0 Å². The van der Waals surface area contributed by atoms with E-state index in [4.69, 9.17) is 0 Å². The summed E-state index contributed by atoms with van der Waals surface area (Å²) < 4.78 is 43.5. The van der Waals surface area contributed by atoms with Crippen molar-refractivity contribution in [3.63, 3.8) is 0 Å². The van der Waals surface area contributed by atoms with Crippen LogP contribution in [0, 0.1) is 0 Å². The lowest BCUT2D eigenvalue weighted by atomic mass is 10.4. The quantitative estimate of drug-likeness (QED) is 0.478. The fourth-order valence-corrected chi connectivity index (χ4v) is 0.0875. The molecule has 0 rings (SSSR count). The lowest BCUT2D eigenvalue weighted by Crippen LogP contribution is -2.28. The highest BCUT2D eigenvalue weighted by Gasteiger charge is 2.39. The fourth-order valence-electron chi connectivity index (χ4n) is 0.0875. The normalized spacial score (nSPS) is 16.1. The van der Waals surface area contributed by atoms with Crippen molar-refractivity contribution in [3.8, 4) is 0 Å². The fraction of sp³-hybridized carbons (Fsp3) is 1.00. The molecule has 5 heteroatoms. The minimum absolute atomic E-state index is 1.89. The van der Waals surface area contributed by atoms with Crippen molar-refractivity contribution in [2.45, 2.75) is 12.3 Å². The molecule has 0 aliphatic rings. The molecule has 0 N–H and O–H groups in total. The van der Waals surface area contributed by atoms with E-state index in [0.29, 0.717) is 0 Å². The molecule has 0 saturated carbocycles. The molecule has 1 nitrogen and oxygen atoms in total. The number of rotatable bonds is 1. The maximum Gasteiger partial charge on any atom is 0.420 e. The lowest BCUT2D eigenvalue weighted by molar-refractivity contribution is -0.225. The SMILES string of the molecule is [O][C@@H](CF)C(F)(F)F. The molecule has 0 aliphatic heterocycles. The first-order valence-electron chi connectivity index (χ1n) is 1.77. The van der Waals surface area contributed by atoms with E-state index in [0.717, 1.165) is 0 Å². The number of hydrogen-bond acceptors (Lipinski definition) is 0. The summed E-state index contributed by atoms with van der Waals surface area (Å²) in [7, 11) is 0. The van der Waals surface area contributed by atoms with Crippen LogP contribution in [0.3, 0.4) is 0 Å². The van der Waals surface area contributed by atoms with Gasteiger partial charge in [-0.3, -0.25) is 0 Å². The van der Waals surface area contributed by atoms with Crippen LogP contribution in [0.1, 0.15) is 0 Å². The van der Waals surface area contributed by atoms with Crippen molar-refractivity contribution in [2.75, 3.05) is 6.67 Å². The van der Waals surface area contributed by atoms with Gasteiger partial charge in [0.25, 0.3) is 0 Å². The van der Waals surface area contributed by atoms with Crippen LogP contribution in [-0.4, -0.2) is 19.0 Å². The Morgan fingerprint density at radius 2 is 1.75 bits per heavy atom. The summed E-state index contributed by atoms with van der Waals surface area (Å²) in [6.07, 6.45) is -7.99. The Hall–Kier alpha value is -0.320. The van der Waals surface area contributed by atoms with E-state index >= 15 is 0 Å². The minimum Gasteiger partial charge on any atom is -0.248 e. The van der Waals surface area contributed by atoms with E-state index in [2.05, 4.69) is 0 Å². The van der Waals surface area contributed by atoms with E-state index in [9.17, 15) is 22.7 Å². The smallest absolute Gasteiger partial charge is 0.248 e. The molecular weight excluding hydrogens is 128 g/mol. The molecular formula is C3H3F4O. The van der Waals surface area contributed by atoms with Crippen LogP contribution in [0.25, 0.3) is 0 Å². The van der Waals surface area contributed by atoms with E-state index in [1.54, 1.807) is 0 Å². The van der Waals surface area contributed by atoms with Crippen molar-refractivity contribution in [1.29, 1.82) is 0 Å². The highest BCUT2D eigenvalue weighted by atomic mass is 19.4. The molecule has 0 aromatic heterocycles. The van der Waals surface area contributed by atoms with Crippen LogP contribution in [-0.2, 0) is 5.11 Å². The third-order valence-electron chi connectivity index (χ3n) is 0.505. The van der Waals surface area contributed by atoms with Gasteiger partial charge in [0.1, 0.15) is 6.67 Å². The molecule has 0 saturated heterocycles. The van der Waals surface area contributed by atoms with Crippen LogP contribution < -0.4 is 0 Å². The van der Waals surface area contributed by atoms with Crippen LogP contribution in [0.2, 0.25) is 0 Å². The van der Waals surface area contributed by atoms with Gasteiger partial charge in [-0.25, -0.2) is 9.50 Å². The molecule has 0 aromatic rings. The van der Waals surface area contributed by atoms with Crippen LogP contribution >= 0.6 is 0 Å². The Morgan fingerprint density at radius 3 is 1.75 bits per heavy atom. The van der Waals surface area contributed by atoms with Gasteiger partial charge < -0.3 is 0 Å². The van der Waals surface area contributed by atoms with Gasteiger partial charge in [-0.15, -0.1) is 0 Å². The molecule has 1 atom stereocenters. The lowest BCUT2D eigenvalue weighted by Gasteiger charge is -2.06. The topological polar surface area (TPSA) is 19.9 Å². The van der Waals surface area contributed by atoms with Gasteiger partial charge in [0, 0.05) is 0 Å². The summed E-state index contributed by atoms with van der Waals surface area (Å²) in [6, 6.07) is 0. The van der Waals surface area contributed by atoms with E-state index in [-0.39, 0.29) is 0 Å². The molecule has 0 bridgehead atoms. The van der Waals surface area contributed by atoms with Crippen molar-refractivity contribution >= 4 is 0 Å². The Kier molecular flexibility index (Phi) is 2.21. The molecule has 0 unspecified atom stereocenters. The van der Waals surface area contributed by atoms with Gasteiger partial charge in [-0.05, 0) is 0 Å². The Balaban J connectivity index is 3.62. The highest BCUT2D eigenvalue weighted by Crippen LogP contribution is 2.20. The van der Waals surface area contributed by atoms with Gasteiger partial charge in [-0.2, -0.15) is 13.2 Å². The van der Waals surface area contributed by atoms with Gasteiger partial charge in [-0.1, -0.05) is 0 Å². The largest absolute Gasteiger partial charge is 0.420 e. The molecule has 0 aliphatic carbocycles. The standard InChI is InChI=1S/C3H3F4O/c4-1-2(8)3(5,6)7/h2H,1H2/t2-/m0/s1. The zero-order valence-corrected chi connectivity index (χ0v) is 3.70. The molecule has 0 spiro atoms. The van der Waals surface area contributed by atoms with Crippen molar-refractivity contribution in [1.82, 2.24) is 0 Å². The molecule has 0 amide bonds. The Bertz CT molecular complexity index is 68.2. The first-order valence-corrected chi connectivity index (χ1v) is 1.77. The van der Waals surface area contributed by atoms with Gasteiger partial charge in [0.2, 0.25) is 6.10 Å². The highest BCUT2D eigenvalue weighted by molar-refractivity contribution is 4.61. The second-order valence-corrected chi connectivity index (χ2v) is 1.18. The predicted molar refractivity (Wildman–Crippen MR) is 16.5 cm³/mol. The second-order valence-electron chi connectivity index (χ2n) is 1.18. The van der Waals surface area contributed by atoms with Crippen LogP contribution in [0.15, 0.2) is 0 Å². The second kappa shape index (κ2) is 2.30. The van der Waals surface area contributed by atoms with Crippen LogP contribution in [0.5, 0.6) is 0 Å². The van der Waals surface area contributed by atoms with Crippen molar-refractivity contribution in [2.24, 2.45) is 0 Å². The molecule has 8 heavy (non-hydrogen) atoms. The maximum absolute atomic E-state index is 10.9. The third-order valence-corrected chi connectivity index (χ3v) is 0.505. The summed E-state index contributed by atoms with van der Waals surface area (Å²) in [5, 5.41) is 9.42. The molecule has 1 radical (unpaired) electrons. The Labute approximate surface area is 42.9 Å². The monoisotopic (exact) mass is 131 g/mol.